The minimum absolute atomic E-state index is 0.212. The molecule has 0 aromatic heterocycles. The van der Waals surface area contributed by atoms with Gasteiger partial charge in [-0.05, 0) is 23.3 Å². The van der Waals surface area contributed by atoms with E-state index in [1.165, 1.54) is 0 Å². The van der Waals surface area contributed by atoms with Crippen molar-refractivity contribution in [3.8, 4) is 17.9 Å². The number of amidine groups is 1. The minimum atomic E-state index is -1.40. The molecule has 2 heterocycles. The van der Waals surface area contributed by atoms with E-state index in [-0.39, 0.29) is 5.84 Å². The van der Waals surface area contributed by atoms with Gasteiger partial charge in [-0.1, -0.05) is 42.5 Å². The molecule has 3 aliphatic rings. The van der Waals surface area contributed by atoms with Crippen LogP contribution in [-0.2, 0) is 16.1 Å². The Labute approximate surface area is 167 Å². The van der Waals surface area contributed by atoms with Gasteiger partial charge < -0.3 is 14.2 Å². The molecule has 3 N–H and O–H groups in total. The lowest BCUT2D eigenvalue weighted by Gasteiger charge is -2.23. The highest BCUT2D eigenvalue weighted by molar-refractivity contribution is 5.95. The van der Waals surface area contributed by atoms with Gasteiger partial charge in [0.2, 0.25) is 0 Å². The summed E-state index contributed by atoms with van der Waals surface area (Å²) >= 11 is 0. The third-order valence-electron chi connectivity index (χ3n) is 6.13. The molecule has 2 aromatic rings. The average Bonchev–Trinajstić information content (AvgIpc) is 3.02. The summed E-state index contributed by atoms with van der Waals surface area (Å²) in [5.74, 6) is -1.01. The van der Waals surface area contributed by atoms with E-state index in [4.69, 9.17) is 19.9 Å². The quantitative estimate of drug-likeness (QED) is 0.791. The standard InChI is InChI=1S/C22H18N4O3/c23-13-20-18(21(20,14-24)22(26-19(20)25)28-9-10-29-22)16-7-4-8-17(11-16)27-12-15-5-2-1-3-6-15/h1-8,11,18H,9-10,12H2,(H2,25,26)/p+1/t18-,20+,21+/m0/s1. The van der Waals surface area contributed by atoms with Gasteiger partial charge in [-0.2, -0.15) is 10.5 Å². The van der Waals surface area contributed by atoms with Crippen molar-refractivity contribution in [3.05, 3.63) is 65.7 Å². The van der Waals surface area contributed by atoms with E-state index in [2.05, 4.69) is 17.1 Å². The Morgan fingerprint density at radius 1 is 1.07 bits per heavy atom. The number of nitrogens with zero attached hydrogens (tertiary/aromatic N) is 2. The van der Waals surface area contributed by atoms with Gasteiger partial charge in [-0.25, -0.2) is 4.99 Å². The van der Waals surface area contributed by atoms with Crippen molar-refractivity contribution >= 4 is 5.84 Å². The summed E-state index contributed by atoms with van der Waals surface area (Å²) in [5, 5.41) is 20.2. The molecule has 1 aliphatic carbocycles. The number of nitrogens with one attached hydrogen (secondary N) is 1. The van der Waals surface area contributed by atoms with Gasteiger partial charge in [0.1, 0.15) is 12.4 Å². The summed E-state index contributed by atoms with van der Waals surface area (Å²) in [6.07, 6.45) is 0. The van der Waals surface area contributed by atoms with Crippen molar-refractivity contribution < 1.29 is 19.2 Å². The number of fused-ring (bicyclic) bond motifs is 2. The van der Waals surface area contributed by atoms with E-state index in [9.17, 15) is 10.5 Å². The fourth-order valence-corrected chi connectivity index (χ4v) is 4.84. The van der Waals surface area contributed by atoms with E-state index < -0.39 is 22.7 Å². The third-order valence-corrected chi connectivity index (χ3v) is 6.13. The summed E-state index contributed by atoms with van der Waals surface area (Å²) in [7, 11) is 0. The second-order valence-corrected chi connectivity index (χ2v) is 7.47. The first kappa shape index (κ1) is 17.7. The van der Waals surface area contributed by atoms with E-state index >= 15 is 0 Å². The summed E-state index contributed by atoms with van der Waals surface area (Å²) in [6, 6.07) is 21.9. The summed E-state index contributed by atoms with van der Waals surface area (Å²) in [5.41, 5.74) is 5.59. The molecule has 7 heteroatoms. The zero-order valence-corrected chi connectivity index (χ0v) is 15.6. The zero-order valence-electron chi connectivity index (χ0n) is 15.6. The second kappa shape index (κ2) is 6.05. The van der Waals surface area contributed by atoms with Crippen LogP contribution in [0.25, 0.3) is 0 Å². The second-order valence-electron chi connectivity index (χ2n) is 7.47. The van der Waals surface area contributed by atoms with Gasteiger partial charge in [0, 0.05) is 5.92 Å². The molecule has 0 unspecified atom stereocenters. The average molecular weight is 387 g/mol. The number of hydrogen-bond acceptors (Lipinski definition) is 6. The highest BCUT2D eigenvalue weighted by Crippen LogP contribution is 2.79. The van der Waals surface area contributed by atoms with Gasteiger partial charge in [0.25, 0.3) is 5.84 Å². The van der Waals surface area contributed by atoms with E-state index in [0.717, 1.165) is 11.1 Å². The number of ether oxygens (including phenoxy) is 3. The van der Waals surface area contributed by atoms with Crippen molar-refractivity contribution in [2.75, 3.05) is 13.2 Å². The molecule has 5 rings (SSSR count). The van der Waals surface area contributed by atoms with E-state index in [1.54, 1.807) is 0 Å². The van der Waals surface area contributed by atoms with Crippen molar-refractivity contribution in [2.24, 2.45) is 16.6 Å². The highest BCUT2D eigenvalue weighted by Gasteiger charge is 2.97. The lowest BCUT2D eigenvalue weighted by atomic mass is 9.94. The fraction of sp³-hybridized carbons (Fsp3) is 0.318. The van der Waals surface area contributed by atoms with Crippen LogP contribution in [0.4, 0.5) is 0 Å². The smallest absolute Gasteiger partial charge is 0.343 e. The summed E-state index contributed by atoms with van der Waals surface area (Å²) in [6.45, 7) is 1.09. The number of rotatable bonds is 4. The Kier molecular flexibility index (Phi) is 3.69. The Morgan fingerprint density at radius 2 is 1.83 bits per heavy atom. The predicted molar refractivity (Wildman–Crippen MR) is 101 cm³/mol. The van der Waals surface area contributed by atoms with Crippen molar-refractivity contribution in [1.82, 2.24) is 0 Å². The Hall–Kier alpha value is -3.39. The maximum absolute atomic E-state index is 10.2. The van der Waals surface area contributed by atoms with Crippen molar-refractivity contribution in [2.45, 2.75) is 18.4 Å². The lowest BCUT2D eigenvalue weighted by Crippen LogP contribution is -2.89. The van der Waals surface area contributed by atoms with Crippen LogP contribution in [-0.4, -0.2) is 25.0 Å². The normalized spacial score (nSPS) is 30.8. The molecule has 0 radical (unpaired) electrons. The predicted octanol–water partition coefficient (Wildman–Crippen LogP) is 0.535. The molecule has 7 nitrogen and oxygen atoms in total. The van der Waals surface area contributed by atoms with E-state index in [0.29, 0.717) is 25.6 Å². The molecule has 1 spiro atoms. The van der Waals surface area contributed by atoms with Gasteiger partial charge in [-0.15, -0.1) is 0 Å². The first-order valence-corrected chi connectivity index (χ1v) is 9.42. The van der Waals surface area contributed by atoms with Crippen LogP contribution in [0.5, 0.6) is 5.75 Å². The first-order valence-electron chi connectivity index (χ1n) is 9.42. The van der Waals surface area contributed by atoms with Gasteiger partial charge in [0.05, 0.1) is 25.4 Å². The molecule has 0 bridgehead atoms. The highest BCUT2D eigenvalue weighted by atomic mass is 16.8. The van der Waals surface area contributed by atoms with Crippen LogP contribution in [0.2, 0.25) is 0 Å². The van der Waals surface area contributed by atoms with Crippen LogP contribution in [0, 0.1) is 33.5 Å². The molecule has 0 amide bonds. The Morgan fingerprint density at radius 3 is 2.52 bits per heavy atom. The maximum atomic E-state index is 10.2. The van der Waals surface area contributed by atoms with Gasteiger partial charge in [-0.3, -0.25) is 5.73 Å². The summed E-state index contributed by atoms with van der Waals surface area (Å²) in [4.78, 5) is 2.95. The molecular formula is C22H19N4O3+. The molecule has 1 saturated carbocycles. The van der Waals surface area contributed by atoms with Crippen LogP contribution in [0.1, 0.15) is 17.0 Å². The van der Waals surface area contributed by atoms with Gasteiger partial charge in [0.15, 0.2) is 10.8 Å². The lowest BCUT2D eigenvalue weighted by molar-refractivity contribution is -0.676. The van der Waals surface area contributed by atoms with Crippen LogP contribution in [0.15, 0.2) is 54.6 Å². The van der Waals surface area contributed by atoms with Crippen LogP contribution < -0.4 is 15.5 Å². The molecule has 144 valence electrons. The molecule has 3 atom stereocenters. The number of hydrogen-bond donors (Lipinski definition) is 2. The van der Waals surface area contributed by atoms with Crippen LogP contribution in [0.3, 0.4) is 0 Å². The first-order chi connectivity index (χ1) is 14.1. The zero-order chi connectivity index (χ0) is 20.1. The maximum Gasteiger partial charge on any atom is 0.343 e. The minimum Gasteiger partial charge on any atom is -0.489 e. The summed E-state index contributed by atoms with van der Waals surface area (Å²) < 4.78 is 17.5. The van der Waals surface area contributed by atoms with Crippen molar-refractivity contribution in [3.63, 3.8) is 0 Å². The van der Waals surface area contributed by atoms with Gasteiger partial charge >= 0.3 is 5.91 Å². The molecule has 29 heavy (non-hydrogen) atoms. The van der Waals surface area contributed by atoms with E-state index in [1.807, 2.05) is 54.6 Å². The molecule has 1 saturated heterocycles. The monoisotopic (exact) mass is 387 g/mol. The number of nitrogens with two attached hydrogens (primary N) is 1. The molecule has 2 aliphatic heterocycles. The SMILES string of the molecule is N#C[C@@]12C(N)=[NH+]C3(OCCO3)[C@]1(C#N)[C@H]2c1cccc(OCc2ccccc2)c1. The Balaban J connectivity index is 1.50. The van der Waals surface area contributed by atoms with Crippen molar-refractivity contribution in [1.29, 1.82) is 10.5 Å². The number of benzene rings is 2. The van der Waals surface area contributed by atoms with Crippen LogP contribution >= 0.6 is 0 Å². The number of nitriles is 2. The molecule has 2 fully saturated rings. The Bertz CT molecular complexity index is 1080. The topological polar surface area (TPSA) is 115 Å². The fourth-order valence-electron chi connectivity index (χ4n) is 4.84. The molecular weight excluding hydrogens is 368 g/mol. The molecule has 2 aromatic carbocycles. The largest absolute Gasteiger partial charge is 0.489 e. The third kappa shape index (κ3) is 2.09.